The fourth-order valence-electron chi connectivity index (χ4n) is 2.03. The van der Waals surface area contributed by atoms with Crippen LogP contribution in [0, 0.1) is 0 Å². The molecule has 0 fully saturated rings. The summed E-state index contributed by atoms with van der Waals surface area (Å²) in [5, 5.41) is 3.17. The Morgan fingerprint density at radius 1 is 1.19 bits per heavy atom. The number of nitrogens with zero attached hydrogens (tertiary/aromatic N) is 1. The van der Waals surface area contributed by atoms with E-state index >= 15 is 0 Å². The number of aromatic nitrogens is 1. The van der Waals surface area contributed by atoms with E-state index < -0.39 is 6.36 Å². The summed E-state index contributed by atoms with van der Waals surface area (Å²) >= 11 is 0. The first kappa shape index (κ1) is 15.3. The normalized spacial score (nSPS) is 13.0. The Morgan fingerprint density at radius 2 is 1.90 bits per heavy atom. The summed E-state index contributed by atoms with van der Waals surface area (Å²) in [5.74, 6) is -0.214. The van der Waals surface area contributed by atoms with E-state index in [4.69, 9.17) is 0 Å². The summed E-state index contributed by atoms with van der Waals surface area (Å²) in [7, 11) is 1.83. The van der Waals surface area contributed by atoms with Crippen molar-refractivity contribution in [2.75, 3.05) is 7.05 Å². The highest BCUT2D eigenvalue weighted by Crippen LogP contribution is 2.24. The zero-order valence-electron chi connectivity index (χ0n) is 11.4. The SMILES string of the molecule is CNC(Cc1ccc(OC(F)(F)F)cc1)c1cccnc1. The van der Waals surface area contributed by atoms with Crippen molar-refractivity contribution in [1.29, 1.82) is 0 Å². The highest BCUT2D eigenvalue weighted by molar-refractivity contribution is 5.29. The quantitative estimate of drug-likeness (QED) is 0.917. The van der Waals surface area contributed by atoms with Gasteiger partial charge in [-0.05, 0) is 42.8 Å². The average molecular weight is 296 g/mol. The van der Waals surface area contributed by atoms with E-state index in [1.165, 1.54) is 12.1 Å². The summed E-state index contributed by atoms with van der Waals surface area (Å²) in [5.41, 5.74) is 1.93. The standard InChI is InChI=1S/C15H15F3N2O/c1-19-14(12-3-2-8-20-10-12)9-11-4-6-13(7-5-11)21-15(16,17)18/h2-8,10,14,19H,9H2,1H3. The molecular weight excluding hydrogens is 281 g/mol. The lowest BCUT2D eigenvalue weighted by atomic mass is 10.0. The third kappa shape index (κ3) is 4.75. The van der Waals surface area contributed by atoms with Gasteiger partial charge in [0.25, 0.3) is 0 Å². The van der Waals surface area contributed by atoms with Crippen LogP contribution in [-0.4, -0.2) is 18.4 Å². The number of hydrogen-bond donors (Lipinski definition) is 1. The molecule has 0 aliphatic heterocycles. The topological polar surface area (TPSA) is 34.1 Å². The molecule has 2 rings (SSSR count). The molecule has 0 aliphatic carbocycles. The van der Waals surface area contributed by atoms with Gasteiger partial charge in [0.05, 0.1) is 0 Å². The van der Waals surface area contributed by atoms with Crippen molar-refractivity contribution in [3.63, 3.8) is 0 Å². The van der Waals surface area contributed by atoms with Crippen molar-refractivity contribution >= 4 is 0 Å². The Hall–Kier alpha value is -2.08. The average Bonchev–Trinajstić information content (AvgIpc) is 2.46. The summed E-state index contributed by atoms with van der Waals surface area (Å²) in [6, 6.07) is 9.74. The monoisotopic (exact) mass is 296 g/mol. The maximum Gasteiger partial charge on any atom is 0.573 e. The molecule has 1 atom stereocenters. The van der Waals surface area contributed by atoms with Crippen molar-refractivity contribution in [1.82, 2.24) is 10.3 Å². The van der Waals surface area contributed by atoms with Crippen molar-refractivity contribution in [2.24, 2.45) is 0 Å². The van der Waals surface area contributed by atoms with Crippen molar-refractivity contribution in [3.05, 3.63) is 59.9 Å². The summed E-state index contributed by atoms with van der Waals surface area (Å²) in [6.07, 6.45) is -0.555. The van der Waals surface area contributed by atoms with Gasteiger partial charge >= 0.3 is 6.36 Å². The highest BCUT2D eigenvalue weighted by Gasteiger charge is 2.30. The molecule has 1 N–H and O–H groups in total. The first-order chi connectivity index (χ1) is 9.98. The van der Waals surface area contributed by atoms with Crippen LogP contribution >= 0.6 is 0 Å². The minimum Gasteiger partial charge on any atom is -0.406 e. The predicted octanol–water partition coefficient (Wildman–Crippen LogP) is 3.48. The molecule has 0 radical (unpaired) electrons. The highest BCUT2D eigenvalue weighted by atomic mass is 19.4. The fourth-order valence-corrected chi connectivity index (χ4v) is 2.03. The van der Waals surface area contributed by atoms with Gasteiger partial charge in [0, 0.05) is 18.4 Å². The molecule has 3 nitrogen and oxygen atoms in total. The second-order valence-corrected chi connectivity index (χ2v) is 4.52. The van der Waals surface area contributed by atoms with E-state index in [1.54, 1.807) is 24.5 Å². The zero-order valence-corrected chi connectivity index (χ0v) is 11.4. The van der Waals surface area contributed by atoms with Crippen molar-refractivity contribution in [3.8, 4) is 5.75 Å². The van der Waals surface area contributed by atoms with Crippen molar-refractivity contribution < 1.29 is 17.9 Å². The molecule has 1 aromatic carbocycles. The molecule has 0 saturated carbocycles. The molecule has 21 heavy (non-hydrogen) atoms. The van der Waals surface area contributed by atoms with Gasteiger partial charge in [-0.3, -0.25) is 4.98 Å². The third-order valence-electron chi connectivity index (χ3n) is 3.03. The number of pyridine rings is 1. The maximum atomic E-state index is 12.1. The van der Waals surface area contributed by atoms with E-state index in [0.29, 0.717) is 6.42 Å². The molecule has 6 heteroatoms. The van der Waals surface area contributed by atoms with Gasteiger partial charge in [0.15, 0.2) is 0 Å². The van der Waals surface area contributed by atoms with Crippen LogP contribution in [0.15, 0.2) is 48.8 Å². The van der Waals surface area contributed by atoms with Gasteiger partial charge in [0.2, 0.25) is 0 Å². The van der Waals surface area contributed by atoms with Gasteiger partial charge in [-0.15, -0.1) is 13.2 Å². The van der Waals surface area contributed by atoms with E-state index in [2.05, 4.69) is 15.0 Å². The minimum absolute atomic E-state index is 0.0492. The van der Waals surface area contributed by atoms with Crippen LogP contribution in [-0.2, 0) is 6.42 Å². The van der Waals surface area contributed by atoms with Crippen LogP contribution in [0.25, 0.3) is 0 Å². The molecule has 0 aliphatic rings. The van der Waals surface area contributed by atoms with Crippen LogP contribution in [0.4, 0.5) is 13.2 Å². The minimum atomic E-state index is -4.66. The smallest absolute Gasteiger partial charge is 0.406 e. The van der Waals surface area contributed by atoms with Crippen molar-refractivity contribution in [2.45, 2.75) is 18.8 Å². The van der Waals surface area contributed by atoms with Gasteiger partial charge in [-0.1, -0.05) is 18.2 Å². The number of alkyl halides is 3. The van der Waals surface area contributed by atoms with Crippen LogP contribution in [0.2, 0.25) is 0 Å². The number of benzene rings is 1. The lowest BCUT2D eigenvalue weighted by Gasteiger charge is -2.16. The first-order valence-corrected chi connectivity index (χ1v) is 6.40. The van der Waals surface area contributed by atoms with Crippen LogP contribution < -0.4 is 10.1 Å². The molecule has 1 heterocycles. The van der Waals surface area contributed by atoms with Gasteiger partial charge < -0.3 is 10.1 Å². The third-order valence-corrected chi connectivity index (χ3v) is 3.03. The second kappa shape index (κ2) is 6.58. The first-order valence-electron chi connectivity index (χ1n) is 6.40. The Kier molecular flexibility index (Phi) is 4.80. The Morgan fingerprint density at radius 3 is 2.43 bits per heavy atom. The van der Waals surface area contributed by atoms with E-state index in [0.717, 1.165) is 11.1 Å². The number of nitrogens with one attached hydrogen (secondary N) is 1. The van der Waals surface area contributed by atoms with Gasteiger partial charge in [0.1, 0.15) is 5.75 Å². The van der Waals surface area contributed by atoms with Crippen LogP contribution in [0.1, 0.15) is 17.2 Å². The molecular formula is C15H15F3N2O. The largest absolute Gasteiger partial charge is 0.573 e. The Balaban J connectivity index is 2.05. The molecule has 0 amide bonds. The van der Waals surface area contributed by atoms with E-state index in [9.17, 15) is 13.2 Å². The second-order valence-electron chi connectivity index (χ2n) is 4.52. The van der Waals surface area contributed by atoms with E-state index in [1.807, 2.05) is 19.2 Å². The van der Waals surface area contributed by atoms with Gasteiger partial charge in [-0.2, -0.15) is 0 Å². The summed E-state index contributed by atoms with van der Waals surface area (Å²) in [6.45, 7) is 0. The maximum absolute atomic E-state index is 12.1. The molecule has 112 valence electrons. The summed E-state index contributed by atoms with van der Waals surface area (Å²) < 4.78 is 40.1. The lowest BCUT2D eigenvalue weighted by Crippen LogP contribution is -2.19. The number of halogens is 3. The molecule has 1 unspecified atom stereocenters. The number of rotatable bonds is 5. The molecule has 0 spiro atoms. The molecule has 0 saturated heterocycles. The predicted molar refractivity (Wildman–Crippen MR) is 72.9 cm³/mol. The fraction of sp³-hybridized carbons (Fsp3) is 0.267. The van der Waals surface area contributed by atoms with Crippen LogP contribution in [0.3, 0.4) is 0 Å². The lowest BCUT2D eigenvalue weighted by molar-refractivity contribution is -0.274. The zero-order chi connectivity index (χ0) is 15.3. The molecule has 0 bridgehead atoms. The summed E-state index contributed by atoms with van der Waals surface area (Å²) in [4.78, 5) is 4.06. The van der Waals surface area contributed by atoms with E-state index in [-0.39, 0.29) is 11.8 Å². The Bertz CT molecular complexity index is 555. The Labute approximate surface area is 120 Å². The van der Waals surface area contributed by atoms with Crippen LogP contribution in [0.5, 0.6) is 5.75 Å². The molecule has 2 aromatic rings. The number of ether oxygens (including phenoxy) is 1. The number of likely N-dealkylation sites (N-methyl/N-ethyl adjacent to an activating group) is 1. The van der Waals surface area contributed by atoms with Gasteiger partial charge in [-0.25, -0.2) is 0 Å². The molecule has 1 aromatic heterocycles. The number of hydrogen-bond acceptors (Lipinski definition) is 3.